The normalized spacial score (nSPS) is 22.1. The number of ether oxygens (including phenoxy) is 2. The van der Waals surface area contributed by atoms with E-state index in [-0.39, 0.29) is 35.9 Å². The van der Waals surface area contributed by atoms with Crippen LogP contribution >= 0.6 is 24.0 Å². The first kappa shape index (κ1) is 23.8. The zero-order chi connectivity index (χ0) is 19.8. The van der Waals surface area contributed by atoms with Crippen LogP contribution in [-0.4, -0.2) is 37.7 Å². The quantitative estimate of drug-likeness (QED) is 0.249. The molecule has 0 heterocycles. The summed E-state index contributed by atoms with van der Waals surface area (Å²) in [7, 11) is 1.79. The van der Waals surface area contributed by atoms with Crippen LogP contribution in [0.4, 0.5) is 0 Å². The lowest BCUT2D eigenvalue weighted by molar-refractivity contribution is -0.149. The van der Waals surface area contributed by atoms with Crippen LogP contribution in [0.3, 0.4) is 0 Å². The van der Waals surface area contributed by atoms with Gasteiger partial charge < -0.3 is 20.1 Å². The lowest BCUT2D eigenvalue weighted by atomic mass is 9.86. The van der Waals surface area contributed by atoms with E-state index in [1.54, 1.807) is 7.05 Å². The number of hydrogen-bond donors (Lipinski definition) is 2. The number of benzene rings is 1. The van der Waals surface area contributed by atoms with Crippen molar-refractivity contribution in [3.8, 4) is 5.75 Å². The molecule has 0 amide bonds. The van der Waals surface area contributed by atoms with Gasteiger partial charge in [-0.05, 0) is 57.9 Å². The second-order valence-corrected chi connectivity index (χ2v) is 7.65. The number of hydrogen-bond acceptors (Lipinski definition) is 4. The van der Waals surface area contributed by atoms with E-state index >= 15 is 0 Å². The fourth-order valence-electron chi connectivity index (χ4n) is 3.73. The summed E-state index contributed by atoms with van der Waals surface area (Å²) in [5.74, 6) is 1.75. The molecule has 2 N–H and O–H groups in total. The average molecular weight is 515 g/mol. The lowest BCUT2D eigenvalue weighted by Gasteiger charge is -2.29. The Kier molecular flexibility index (Phi) is 10.0. The summed E-state index contributed by atoms with van der Waals surface area (Å²) in [6, 6.07) is 8.53. The Morgan fingerprint density at radius 3 is 2.48 bits per heavy atom. The SMILES string of the molecule is CCOC(=O)C1CCC(NC(=NC)NCc2ccccc2OC2CCC2)CC1.I. The van der Waals surface area contributed by atoms with Gasteiger partial charge in [0.15, 0.2) is 5.96 Å². The van der Waals surface area contributed by atoms with E-state index in [9.17, 15) is 4.79 Å². The summed E-state index contributed by atoms with van der Waals surface area (Å²) >= 11 is 0. The molecule has 6 nitrogen and oxygen atoms in total. The number of esters is 1. The number of carbonyl (C=O) groups excluding carboxylic acids is 1. The van der Waals surface area contributed by atoms with Gasteiger partial charge in [-0.2, -0.15) is 0 Å². The number of aliphatic imine (C=N–C) groups is 1. The molecular formula is C22H34IN3O3. The Morgan fingerprint density at radius 1 is 1.14 bits per heavy atom. The number of rotatable bonds is 7. The van der Waals surface area contributed by atoms with Crippen LogP contribution in [-0.2, 0) is 16.1 Å². The third kappa shape index (κ3) is 7.04. The largest absolute Gasteiger partial charge is 0.490 e. The van der Waals surface area contributed by atoms with Crippen molar-refractivity contribution in [3.05, 3.63) is 29.8 Å². The number of nitrogens with zero attached hydrogens (tertiary/aromatic N) is 1. The molecule has 0 aromatic heterocycles. The van der Waals surface area contributed by atoms with Crippen LogP contribution in [0.2, 0.25) is 0 Å². The van der Waals surface area contributed by atoms with Crippen molar-refractivity contribution < 1.29 is 14.3 Å². The molecule has 1 aromatic carbocycles. The van der Waals surface area contributed by atoms with Gasteiger partial charge in [0.25, 0.3) is 0 Å². The second kappa shape index (κ2) is 12.2. The summed E-state index contributed by atoms with van der Waals surface area (Å²) in [6.45, 7) is 2.98. The van der Waals surface area contributed by atoms with Gasteiger partial charge >= 0.3 is 5.97 Å². The molecular weight excluding hydrogens is 481 g/mol. The number of nitrogens with one attached hydrogen (secondary N) is 2. The molecule has 0 bridgehead atoms. The molecule has 2 fully saturated rings. The molecule has 29 heavy (non-hydrogen) atoms. The van der Waals surface area contributed by atoms with E-state index in [4.69, 9.17) is 9.47 Å². The van der Waals surface area contributed by atoms with Gasteiger partial charge in [-0.1, -0.05) is 18.2 Å². The third-order valence-electron chi connectivity index (χ3n) is 5.68. The summed E-state index contributed by atoms with van der Waals surface area (Å²) in [5.41, 5.74) is 1.14. The Morgan fingerprint density at radius 2 is 1.86 bits per heavy atom. The minimum Gasteiger partial charge on any atom is -0.490 e. The van der Waals surface area contributed by atoms with E-state index in [2.05, 4.69) is 21.7 Å². The van der Waals surface area contributed by atoms with Gasteiger partial charge in [-0.25, -0.2) is 0 Å². The first-order valence-electron chi connectivity index (χ1n) is 10.6. The molecule has 3 rings (SSSR count). The standard InChI is InChI=1S/C22H33N3O3.HI/c1-3-27-21(26)16-11-13-18(14-12-16)25-22(23-2)24-15-17-7-4-5-10-20(17)28-19-8-6-9-19;/h4-5,7,10,16,18-19H,3,6,8-9,11-15H2,1-2H3,(H2,23,24,25);1H. The van der Waals surface area contributed by atoms with Gasteiger partial charge in [0.2, 0.25) is 0 Å². The van der Waals surface area contributed by atoms with Gasteiger partial charge in [0, 0.05) is 25.2 Å². The van der Waals surface area contributed by atoms with Crippen LogP contribution < -0.4 is 15.4 Å². The average Bonchev–Trinajstić information content (AvgIpc) is 2.69. The number of carbonyl (C=O) groups is 1. The predicted octanol–water partition coefficient (Wildman–Crippen LogP) is 4.02. The summed E-state index contributed by atoms with van der Waals surface area (Å²) in [6.07, 6.45) is 7.57. The van der Waals surface area contributed by atoms with Crippen LogP contribution in [0.25, 0.3) is 0 Å². The zero-order valence-corrected chi connectivity index (χ0v) is 19.8. The van der Waals surface area contributed by atoms with Crippen LogP contribution in [0, 0.1) is 5.92 Å². The fraction of sp³-hybridized carbons (Fsp3) is 0.636. The molecule has 0 aliphatic heterocycles. The molecule has 2 aliphatic rings. The predicted molar refractivity (Wildman–Crippen MR) is 126 cm³/mol. The monoisotopic (exact) mass is 515 g/mol. The highest BCUT2D eigenvalue weighted by Gasteiger charge is 2.27. The van der Waals surface area contributed by atoms with Crippen molar-refractivity contribution in [3.63, 3.8) is 0 Å². The van der Waals surface area contributed by atoms with Crippen molar-refractivity contribution in [1.82, 2.24) is 10.6 Å². The number of guanidine groups is 1. The topological polar surface area (TPSA) is 72.0 Å². The molecule has 0 radical (unpaired) electrons. The molecule has 0 saturated heterocycles. The summed E-state index contributed by atoms with van der Waals surface area (Å²) < 4.78 is 11.3. The molecule has 1 aromatic rings. The van der Waals surface area contributed by atoms with Gasteiger partial charge in [0.1, 0.15) is 5.75 Å². The van der Waals surface area contributed by atoms with Crippen LogP contribution in [0.15, 0.2) is 29.3 Å². The van der Waals surface area contributed by atoms with Crippen molar-refractivity contribution in [2.75, 3.05) is 13.7 Å². The minimum atomic E-state index is -0.0495. The van der Waals surface area contributed by atoms with Crippen LogP contribution in [0.1, 0.15) is 57.4 Å². The van der Waals surface area contributed by atoms with E-state index in [1.807, 2.05) is 25.1 Å². The molecule has 0 spiro atoms. The molecule has 162 valence electrons. The highest BCUT2D eigenvalue weighted by molar-refractivity contribution is 14.0. The zero-order valence-electron chi connectivity index (χ0n) is 17.5. The fourth-order valence-corrected chi connectivity index (χ4v) is 3.73. The maximum absolute atomic E-state index is 11.9. The Balaban J connectivity index is 0.00000300. The summed E-state index contributed by atoms with van der Waals surface area (Å²) in [4.78, 5) is 16.2. The third-order valence-corrected chi connectivity index (χ3v) is 5.68. The number of para-hydroxylation sites is 1. The lowest BCUT2D eigenvalue weighted by Crippen LogP contribution is -2.45. The van der Waals surface area contributed by atoms with E-state index < -0.39 is 0 Å². The molecule has 0 atom stereocenters. The summed E-state index contributed by atoms with van der Waals surface area (Å²) in [5, 5.41) is 6.90. The van der Waals surface area contributed by atoms with Gasteiger partial charge in [-0.15, -0.1) is 24.0 Å². The van der Waals surface area contributed by atoms with Crippen molar-refractivity contribution in [2.24, 2.45) is 10.9 Å². The minimum absolute atomic E-state index is 0. The van der Waals surface area contributed by atoms with Gasteiger partial charge in [-0.3, -0.25) is 9.79 Å². The molecule has 2 saturated carbocycles. The van der Waals surface area contributed by atoms with Crippen molar-refractivity contribution in [2.45, 2.75) is 70.6 Å². The second-order valence-electron chi connectivity index (χ2n) is 7.65. The highest BCUT2D eigenvalue weighted by atomic mass is 127. The Bertz CT molecular complexity index is 671. The van der Waals surface area contributed by atoms with E-state index in [0.717, 1.165) is 55.8 Å². The maximum atomic E-state index is 11.9. The Hall–Kier alpha value is -1.51. The molecule has 0 unspecified atom stereocenters. The number of halogens is 1. The van der Waals surface area contributed by atoms with E-state index in [0.29, 0.717) is 25.3 Å². The Labute approximate surface area is 191 Å². The van der Waals surface area contributed by atoms with E-state index in [1.165, 1.54) is 6.42 Å². The highest BCUT2D eigenvalue weighted by Crippen LogP contribution is 2.28. The molecule has 2 aliphatic carbocycles. The first-order valence-corrected chi connectivity index (χ1v) is 10.6. The smallest absolute Gasteiger partial charge is 0.308 e. The molecule has 7 heteroatoms. The van der Waals surface area contributed by atoms with Crippen molar-refractivity contribution in [1.29, 1.82) is 0 Å². The maximum Gasteiger partial charge on any atom is 0.308 e. The first-order chi connectivity index (χ1) is 13.7. The van der Waals surface area contributed by atoms with Crippen molar-refractivity contribution >= 4 is 35.9 Å². The van der Waals surface area contributed by atoms with Gasteiger partial charge in [0.05, 0.1) is 18.6 Å². The van der Waals surface area contributed by atoms with Crippen LogP contribution in [0.5, 0.6) is 5.75 Å².